The van der Waals surface area contributed by atoms with E-state index in [9.17, 15) is 0 Å². The topological polar surface area (TPSA) is 0 Å². The van der Waals surface area contributed by atoms with Gasteiger partial charge in [0.15, 0.2) is 0 Å². The first kappa shape index (κ1) is 16.5. The minimum Gasteiger partial charge on any atom is -1.00 e. The van der Waals surface area contributed by atoms with Crippen LogP contribution in [0.3, 0.4) is 0 Å². The molecule has 0 saturated heterocycles. The minimum absolute atomic E-state index is 0. The van der Waals surface area contributed by atoms with Crippen LogP contribution in [0, 0.1) is 6.08 Å². The van der Waals surface area contributed by atoms with Crippen molar-refractivity contribution in [2.45, 2.75) is 13.3 Å². The third kappa shape index (κ3) is 6.83. The van der Waals surface area contributed by atoms with E-state index >= 15 is 0 Å². The van der Waals surface area contributed by atoms with Gasteiger partial charge in [-0.25, -0.2) is 11.6 Å². The summed E-state index contributed by atoms with van der Waals surface area (Å²) in [6.45, 7) is 2.08. The first-order valence-corrected chi connectivity index (χ1v) is 2.13. The van der Waals surface area contributed by atoms with Crippen molar-refractivity contribution in [3.63, 3.8) is 0 Å². The Kier molecular flexibility index (Phi) is 16.4. The average molecular weight is 241 g/mol. The van der Waals surface area contributed by atoms with Gasteiger partial charge in [0.25, 0.3) is 0 Å². The summed E-state index contributed by atoms with van der Waals surface area (Å²) in [6.07, 6.45) is 8.24. The molecule has 0 heterocycles. The molecule has 0 N–H and O–H groups in total. The molecule has 1 rings (SSSR count). The van der Waals surface area contributed by atoms with E-state index < -0.39 is 0 Å². The molecule has 1 aliphatic rings. The van der Waals surface area contributed by atoms with Gasteiger partial charge < -0.3 is 24.8 Å². The molecular weight excluding hydrogens is 234 g/mol. The monoisotopic (exact) mass is 239 g/mol. The molecule has 49 valence electrons. The van der Waals surface area contributed by atoms with Crippen molar-refractivity contribution in [2.24, 2.45) is 0 Å². The van der Waals surface area contributed by atoms with Gasteiger partial charge in [0.1, 0.15) is 0 Å². The van der Waals surface area contributed by atoms with E-state index in [-0.39, 0.29) is 51.0 Å². The standard InChI is InChI=1S/C6H7.2ClH.Zr/c1-6-4-2-3-5-6;;;/h4-5H,2H2,1H3;2*1H;/q-1;;;+3/p-2. The van der Waals surface area contributed by atoms with Crippen LogP contribution in [0.5, 0.6) is 0 Å². The third-order valence-corrected chi connectivity index (χ3v) is 0.872. The number of rotatable bonds is 0. The fourth-order valence-corrected chi connectivity index (χ4v) is 0.499. The molecule has 9 heavy (non-hydrogen) atoms. The van der Waals surface area contributed by atoms with E-state index in [2.05, 4.69) is 19.1 Å². The van der Waals surface area contributed by atoms with Gasteiger partial charge in [-0.05, 0) is 0 Å². The molecule has 0 amide bonds. The molecule has 0 unspecified atom stereocenters. The Morgan fingerprint density at radius 1 is 1.44 bits per heavy atom. The zero-order chi connectivity index (χ0) is 4.41. The summed E-state index contributed by atoms with van der Waals surface area (Å²) in [6, 6.07) is 0. The van der Waals surface area contributed by atoms with Crippen molar-refractivity contribution < 1.29 is 51.0 Å². The van der Waals surface area contributed by atoms with Gasteiger partial charge in [0.05, 0.1) is 0 Å². The molecule has 0 nitrogen and oxygen atoms in total. The van der Waals surface area contributed by atoms with E-state index in [1.807, 2.05) is 6.08 Å². The maximum Gasteiger partial charge on any atom is 3.00 e. The Bertz CT molecular complexity index is 105. The second kappa shape index (κ2) is 8.94. The maximum atomic E-state index is 3.05. The second-order valence-electron chi connectivity index (χ2n) is 1.50. The molecule has 3 heteroatoms. The van der Waals surface area contributed by atoms with E-state index in [0.717, 1.165) is 6.42 Å². The fraction of sp³-hybridized carbons (Fsp3) is 0.333. The van der Waals surface area contributed by atoms with Crippen LogP contribution in [0.2, 0.25) is 0 Å². The number of allylic oxidation sites excluding steroid dienone is 4. The average Bonchev–Trinajstić information content (AvgIpc) is 1.86. The van der Waals surface area contributed by atoms with Gasteiger partial charge in [-0.1, -0.05) is 0 Å². The molecule has 1 radical (unpaired) electrons. The molecule has 0 aromatic heterocycles. The van der Waals surface area contributed by atoms with E-state index in [1.165, 1.54) is 5.57 Å². The van der Waals surface area contributed by atoms with Gasteiger partial charge in [-0.15, -0.1) is 13.3 Å². The van der Waals surface area contributed by atoms with Gasteiger partial charge >= 0.3 is 26.2 Å². The normalized spacial score (nSPS) is 12.3. The summed E-state index contributed by atoms with van der Waals surface area (Å²) in [5, 5.41) is 0. The van der Waals surface area contributed by atoms with Crippen molar-refractivity contribution in [3.05, 3.63) is 23.8 Å². The van der Waals surface area contributed by atoms with E-state index in [1.54, 1.807) is 0 Å². The number of hydrogen-bond acceptors (Lipinski definition) is 0. The van der Waals surface area contributed by atoms with Crippen LogP contribution in [0.25, 0.3) is 0 Å². The predicted molar refractivity (Wildman–Crippen MR) is 26.2 cm³/mol. The zero-order valence-electron chi connectivity index (χ0n) is 5.12. The molecule has 1 aliphatic carbocycles. The molecule has 0 bridgehead atoms. The first-order valence-electron chi connectivity index (χ1n) is 2.13. The van der Waals surface area contributed by atoms with E-state index in [4.69, 9.17) is 0 Å². The number of hydrogen-bond donors (Lipinski definition) is 0. The summed E-state index contributed by atoms with van der Waals surface area (Å²) in [4.78, 5) is 0. The molecule has 0 spiro atoms. The van der Waals surface area contributed by atoms with Gasteiger partial charge in [-0.3, -0.25) is 6.08 Å². The Hall–Kier alpha value is 0.943. The SMILES string of the molecule is CC1=CC[C-]=C1.[Cl-].[Cl-].[Zr+3]. The third-order valence-electron chi connectivity index (χ3n) is 0.872. The second-order valence-corrected chi connectivity index (χ2v) is 1.50. The Labute approximate surface area is 87.7 Å². The summed E-state index contributed by atoms with van der Waals surface area (Å²) in [7, 11) is 0. The van der Waals surface area contributed by atoms with Gasteiger partial charge in [0, 0.05) is 0 Å². The maximum absolute atomic E-state index is 3.05. The molecule has 0 aromatic rings. The molecule has 0 fully saturated rings. The molecule has 0 aromatic carbocycles. The summed E-state index contributed by atoms with van der Waals surface area (Å²) < 4.78 is 0. The van der Waals surface area contributed by atoms with Crippen LogP contribution >= 0.6 is 0 Å². The van der Waals surface area contributed by atoms with Crippen molar-refractivity contribution in [1.29, 1.82) is 0 Å². The van der Waals surface area contributed by atoms with Gasteiger partial charge in [-0.2, -0.15) is 6.08 Å². The number of halogens is 2. The van der Waals surface area contributed by atoms with Crippen LogP contribution in [0.4, 0.5) is 0 Å². The largest absolute Gasteiger partial charge is 3.00 e. The van der Waals surface area contributed by atoms with Crippen molar-refractivity contribution >= 4 is 0 Å². The predicted octanol–water partition coefficient (Wildman–Crippen LogP) is -4.30. The zero-order valence-corrected chi connectivity index (χ0v) is 9.09. The fourth-order valence-electron chi connectivity index (χ4n) is 0.499. The van der Waals surface area contributed by atoms with Crippen LogP contribution in [0.15, 0.2) is 17.7 Å². The first-order chi connectivity index (χ1) is 2.89. The minimum atomic E-state index is 0. The summed E-state index contributed by atoms with van der Waals surface area (Å²) in [5.74, 6) is 0. The Morgan fingerprint density at radius 3 is 2.11 bits per heavy atom. The van der Waals surface area contributed by atoms with Crippen LogP contribution in [-0.2, 0) is 26.2 Å². The van der Waals surface area contributed by atoms with Gasteiger partial charge in [0.2, 0.25) is 0 Å². The van der Waals surface area contributed by atoms with E-state index in [0.29, 0.717) is 0 Å². The smallest absolute Gasteiger partial charge is 1.00 e. The molecule has 0 saturated carbocycles. The van der Waals surface area contributed by atoms with Crippen LogP contribution in [0.1, 0.15) is 13.3 Å². The van der Waals surface area contributed by atoms with Crippen molar-refractivity contribution in [2.75, 3.05) is 0 Å². The van der Waals surface area contributed by atoms with Crippen LogP contribution < -0.4 is 24.8 Å². The molecule has 0 aliphatic heterocycles. The quantitative estimate of drug-likeness (QED) is 0.377. The van der Waals surface area contributed by atoms with Crippen molar-refractivity contribution in [1.82, 2.24) is 0 Å². The Morgan fingerprint density at radius 2 is 2.00 bits per heavy atom. The molecule has 0 atom stereocenters. The molecular formula is C6H7Cl2Zr. The van der Waals surface area contributed by atoms with Crippen LogP contribution in [-0.4, -0.2) is 0 Å². The Balaban J connectivity index is -0.000000120. The van der Waals surface area contributed by atoms with Crippen molar-refractivity contribution in [3.8, 4) is 0 Å². The summed E-state index contributed by atoms with van der Waals surface area (Å²) >= 11 is 0. The summed E-state index contributed by atoms with van der Waals surface area (Å²) in [5.41, 5.74) is 1.34.